The molecule has 0 saturated carbocycles. The van der Waals surface area contributed by atoms with E-state index in [1.807, 2.05) is 12.3 Å². The van der Waals surface area contributed by atoms with Crippen LogP contribution in [-0.4, -0.2) is 39.3 Å². The minimum atomic E-state index is 0.414. The fraction of sp³-hybridized carbons (Fsp3) is 0.600. The van der Waals surface area contributed by atoms with E-state index in [0.29, 0.717) is 12.0 Å². The Morgan fingerprint density at radius 3 is 3.15 bits per heavy atom. The van der Waals surface area contributed by atoms with Gasteiger partial charge in [-0.2, -0.15) is 11.8 Å². The number of hydrogen-bond donors (Lipinski definition) is 0. The third kappa shape index (κ3) is 2.13. The molecule has 0 aliphatic carbocycles. The van der Waals surface area contributed by atoms with E-state index in [4.69, 9.17) is 9.72 Å². The van der Waals surface area contributed by atoms with Crippen LogP contribution in [0.4, 0.5) is 0 Å². The number of hydrogen-bond acceptors (Lipinski definition) is 4. The molecule has 0 bridgehead atoms. The van der Waals surface area contributed by atoms with Gasteiger partial charge < -0.3 is 9.30 Å². The summed E-state index contributed by atoms with van der Waals surface area (Å²) in [6.45, 7) is 1.66. The summed E-state index contributed by atoms with van der Waals surface area (Å²) >= 11 is 2.05. The van der Waals surface area contributed by atoms with Crippen LogP contribution < -0.4 is 0 Å². The van der Waals surface area contributed by atoms with E-state index < -0.39 is 0 Å². The number of pyridine rings is 1. The Bertz CT molecular complexity index is 600. The van der Waals surface area contributed by atoms with Crippen LogP contribution in [0.5, 0.6) is 0 Å². The zero-order valence-corrected chi connectivity index (χ0v) is 12.3. The summed E-state index contributed by atoms with van der Waals surface area (Å²) in [4.78, 5) is 9.49. The summed E-state index contributed by atoms with van der Waals surface area (Å²) in [5.74, 6) is 4.29. The van der Waals surface area contributed by atoms with Gasteiger partial charge in [0.1, 0.15) is 11.3 Å². The fourth-order valence-corrected chi connectivity index (χ4v) is 4.40. The van der Waals surface area contributed by atoms with Crippen LogP contribution in [0.1, 0.15) is 37.0 Å². The Kier molecular flexibility index (Phi) is 3.40. The molecule has 0 radical (unpaired) electrons. The van der Waals surface area contributed by atoms with Crippen LogP contribution in [-0.2, 0) is 4.74 Å². The van der Waals surface area contributed by atoms with Crippen molar-refractivity contribution in [2.45, 2.75) is 31.2 Å². The highest BCUT2D eigenvalue weighted by Gasteiger charge is 2.28. The van der Waals surface area contributed by atoms with Crippen molar-refractivity contribution in [1.82, 2.24) is 14.5 Å². The van der Waals surface area contributed by atoms with E-state index in [2.05, 4.69) is 27.4 Å². The molecular weight excluding hydrogens is 270 g/mol. The third-order valence-corrected chi connectivity index (χ3v) is 5.49. The lowest BCUT2D eigenvalue weighted by Gasteiger charge is -2.23. The molecule has 0 amide bonds. The molecule has 0 N–H and O–H groups in total. The average Bonchev–Trinajstić information content (AvgIpc) is 3.14. The minimum Gasteiger partial charge on any atom is -0.379 e. The number of nitrogens with zero attached hydrogens (tertiary/aromatic N) is 3. The average molecular weight is 289 g/mol. The normalized spacial score (nSPS) is 27.2. The summed E-state index contributed by atoms with van der Waals surface area (Å²) in [5.41, 5.74) is 2.07. The Labute approximate surface area is 122 Å². The highest BCUT2D eigenvalue weighted by molar-refractivity contribution is 7.99. The van der Waals surface area contributed by atoms with Crippen molar-refractivity contribution in [3.63, 3.8) is 0 Å². The first kappa shape index (κ1) is 12.7. The van der Waals surface area contributed by atoms with Gasteiger partial charge in [-0.05, 0) is 37.1 Å². The van der Waals surface area contributed by atoms with Gasteiger partial charge in [-0.1, -0.05) is 0 Å². The molecule has 0 aromatic carbocycles. The van der Waals surface area contributed by atoms with Gasteiger partial charge in [0, 0.05) is 24.5 Å². The minimum absolute atomic E-state index is 0.414. The number of fused-ring (bicyclic) bond motifs is 1. The molecule has 2 aromatic heterocycles. The third-order valence-electron chi connectivity index (χ3n) is 4.27. The highest BCUT2D eigenvalue weighted by Crippen LogP contribution is 2.35. The first-order valence-electron chi connectivity index (χ1n) is 7.42. The monoisotopic (exact) mass is 289 g/mol. The summed E-state index contributed by atoms with van der Waals surface area (Å²) in [7, 11) is 0. The molecule has 2 atom stereocenters. The van der Waals surface area contributed by atoms with Gasteiger partial charge in [-0.25, -0.2) is 9.97 Å². The van der Waals surface area contributed by atoms with Crippen LogP contribution in [0.25, 0.3) is 11.2 Å². The Balaban J connectivity index is 1.82. The van der Waals surface area contributed by atoms with Gasteiger partial charge in [-0.3, -0.25) is 0 Å². The standard InChI is InChI=1S/C15H19N3OS/c1-4-13-15(16-6-1)18(12-5-7-19-9-12)14(17-13)11-3-2-8-20-10-11/h1,4,6,11-12H,2-3,5,7-10H2. The van der Waals surface area contributed by atoms with Crippen LogP contribution in [0.15, 0.2) is 18.3 Å². The Morgan fingerprint density at radius 2 is 2.35 bits per heavy atom. The van der Waals surface area contributed by atoms with Gasteiger partial charge in [0.15, 0.2) is 5.65 Å². The predicted octanol–water partition coefficient (Wildman–Crippen LogP) is 3.00. The summed E-state index contributed by atoms with van der Waals surface area (Å²) in [6.07, 6.45) is 5.50. The van der Waals surface area contributed by atoms with Crippen molar-refractivity contribution in [2.75, 3.05) is 24.7 Å². The zero-order chi connectivity index (χ0) is 13.4. The molecule has 4 nitrogen and oxygen atoms in total. The van der Waals surface area contributed by atoms with E-state index >= 15 is 0 Å². The van der Waals surface area contributed by atoms with E-state index in [0.717, 1.165) is 30.8 Å². The summed E-state index contributed by atoms with van der Waals surface area (Å²) < 4.78 is 7.96. The zero-order valence-electron chi connectivity index (χ0n) is 11.5. The van der Waals surface area contributed by atoms with Crippen LogP contribution in [0.2, 0.25) is 0 Å². The molecule has 2 aromatic rings. The van der Waals surface area contributed by atoms with E-state index in [9.17, 15) is 0 Å². The topological polar surface area (TPSA) is 39.9 Å². The molecule has 4 rings (SSSR count). The number of rotatable bonds is 2. The van der Waals surface area contributed by atoms with Crippen molar-refractivity contribution >= 4 is 22.9 Å². The van der Waals surface area contributed by atoms with Crippen LogP contribution in [0, 0.1) is 0 Å². The summed E-state index contributed by atoms with van der Waals surface area (Å²) in [5, 5.41) is 0. The maximum atomic E-state index is 5.59. The van der Waals surface area contributed by atoms with Crippen LogP contribution in [0.3, 0.4) is 0 Å². The predicted molar refractivity (Wildman–Crippen MR) is 81.3 cm³/mol. The largest absolute Gasteiger partial charge is 0.379 e. The lowest BCUT2D eigenvalue weighted by atomic mass is 10.0. The lowest BCUT2D eigenvalue weighted by molar-refractivity contribution is 0.186. The molecule has 20 heavy (non-hydrogen) atoms. The van der Waals surface area contributed by atoms with Gasteiger partial charge in [0.2, 0.25) is 0 Å². The molecule has 4 heterocycles. The molecule has 2 aliphatic heterocycles. The molecule has 2 aliphatic rings. The maximum absolute atomic E-state index is 5.59. The van der Waals surface area contributed by atoms with Gasteiger partial charge in [0.05, 0.1) is 12.6 Å². The van der Waals surface area contributed by atoms with Crippen LogP contribution >= 0.6 is 11.8 Å². The number of ether oxygens (including phenoxy) is 1. The first-order valence-corrected chi connectivity index (χ1v) is 8.57. The fourth-order valence-electron chi connectivity index (χ4n) is 3.27. The molecule has 0 spiro atoms. The molecular formula is C15H19N3OS. The van der Waals surface area contributed by atoms with Gasteiger partial charge >= 0.3 is 0 Å². The van der Waals surface area contributed by atoms with Crippen molar-refractivity contribution in [2.24, 2.45) is 0 Å². The highest BCUT2D eigenvalue weighted by atomic mass is 32.2. The number of imidazole rings is 1. The van der Waals surface area contributed by atoms with Crippen molar-refractivity contribution in [1.29, 1.82) is 0 Å². The first-order chi connectivity index (χ1) is 9.93. The molecule has 5 heteroatoms. The SMILES string of the molecule is c1cnc2c(c1)nc(C1CCCSC1)n2C1CCOC1. The van der Waals surface area contributed by atoms with E-state index in [1.165, 1.54) is 30.2 Å². The van der Waals surface area contributed by atoms with E-state index in [1.54, 1.807) is 0 Å². The number of thioether (sulfide) groups is 1. The van der Waals surface area contributed by atoms with Crippen molar-refractivity contribution in [3.8, 4) is 0 Å². The van der Waals surface area contributed by atoms with Gasteiger partial charge in [0.25, 0.3) is 0 Å². The molecule has 2 unspecified atom stereocenters. The molecule has 2 fully saturated rings. The van der Waals surface area contributed by atoms with Crippen molar-refractivity contribution < 1.29 is 4.74 Å². The van der Waals surface area contributed by atoms with Gasteiger partial charge in [-0.15, -0.1) is 0 Å². The Morgan fingerprint density at radius 1 is 1.35 bits per heavy atom. The second kappa shape index (κ2) is 5.37. The molecule has 2 saturated heterocycles. The second-order valence-corrected chi connectivity index (χ2v) is 6.77. The number of aromatic nitrogens is 3. The van der Waals surface area contributed by atoms with Crippen molar-refractivity contribution in [3.05, 3.63) is 24.2 Å². The molecule has 106 valence electrons. The maximum Gasteiger partial charge on any atom is 0.160 e. The summed E-state index contributed by atoms with van der Waals surface area (Å²) in [6, 6.07) is 4.47. The Hall–Kier alpha value is -1.07. The van der Waals surface area contributed by atoms with E-state index in [-0.39, 0.29) is 0 Å². The second-order valence-electron chi connectivity index (χ2n) is 5.62. The lowest BCUT2D eigenvalue weighted by Crippen LogP contribution is -2.19. The smallest absolute Gasteiger partial charge is 0.160 e. The quantitative estimate of drug-likeness (QED) is 0.852.